The van der Waals surface area contributed by atoms with E-state index < -0.39 is 7.82 Å². The smallest absolute Gasteiger partial charge is 0.345 e. The molecular weight excluding hydrogens is 351 g/mol. The molecule has 0 unspecified atom stereocenters. The van der Waals surface area contributed by atoms with Gasteiger partial charge in [0.1, 0.15) is 0 Å². The van der Waals surface area contributed by atoms with E-state index in [0.717, 1.165) is 30.3 Å². The molecule has 0 atom stereocenters. The van der Waals surface area contributed by atoms with E-state index in [1.54, 1.807) is 6.33 Å². The molecule has 2 aromatic rings. The highest BCUT2D eigenvalue weighted by Crippen LogP contribution is 2.35. The summed E-state index contributed by atoms with van der Waals surface area (Å²) in [7, 11) is -4.24. The molecule has 0 fully saturated rings. The quantitative estimate of drug-likeness (QED) is 0.328. The summed E-state index contributed by atoms with van der Waals surface area (Å²) in [5.74, 6) is 0. The minimum atomic E-state index is -4.24. The summed E-state index contributed by atoms with van der Waals surface area (Å²) in [6, 6.07) is 7.94. The number of H-pyrrole nitrogens is 1. The van der Waals surface area contributed by atoms with Gasteiger partial charge in [0.05, 0.1) is 24.0 Å². The van der Waals surface area contributed by atoms with Crippen molar-refractivity contribution >= 4 is 18.9 Å². The average Bonchev–Trinajstić information content (AvgIpc) is 3.08. The van der Waals surface area contributed by atoms with Crippen LogP contribution in [-0.2, 0) is 9.09 Å². The number of phosphoric acid groups is 1. The summed E-state index contributed by atoms with van der Waals surface area (Å²) in [5.41, 5.74) is 2.12. The second-order valence-corrected chi connectivity index (χ2v) is 7.66. The predicted molar refractivity (Wildman–Crippen MR) is 106 cm³/mol. The van der Waals surface area contributed by atoms with Gasteiger partial charge in [0.2, 0.25) is 0 Å². The first-order chi connectivity index (χ1) is 12.5. The highest BCUT2D eigenvalue weighted by molar-refractivity contribution is 7.46. The molecule has 1 aromatic heterocycles. The molecule has 0 saturated carbocycles. The maximum Gasteiger partial charge on any atom is 0.469 e. The van der Waals surface area contributed by atoms with Crippen LogP contribution in [0.2, 0.25) is 0 Å². The van der Waals surface area contributed by atoms with Crippen LogP contribution in [-0.4, -0.2) is 26.4 Å². The molecule has 0 spiro atoms. The van der Waals surface area contributed by atoms with E-state index in [2.05, 4.69) is 21.4 Å². The molecule has 7 heteroatoms. The van der Waals surface area contributed by atoms with E-state index in [9.17, 15) is 4.57 Å². The molecule has 1 heterocycles. The Balaban J connectivity index is 0.000000308. The molecule has 26 heavy (non-hydrogen) atoms. The number of para-hydroxylation sites is 2. The fourth-order valence-electron chi connectivity index (χ4n) is 2.65. The van der Waals surface area contributed by atoms with Crippen molar-refractivity contribution in [2.75, 3.05) is 6.61 Å². The van der Waals surface area contributed by atoms with Crippen LogP contribution in [0.15, 0.2) is 30.6 Å². The largest absolute Gasteiger partial charge is 0.469 e. The number of aromatic amines is 1. The van der Waals surface area contributed by atoms with Gasteiger partial charge >= 0.3 is 7.82 Å². The highest BCUT2D eigenvalue weighted by Gasteiger charge is 2.12. The van der Waals surface area contributed by atoms with Crippen LogP contribution < -0.4 is 0 Å². The molecule has 0 aliphatic heterocycles. The summed E-state index contributed by atoms with van der Waals surface area (Å²) in [6.45, 7) is 2.39. The first-order valence-corrected chi connectivity index (χ1v) is 11.1. The maximum absolute atomic E-state index is 10.4. The van der Waals surface area contributed by atoms with Gasteiger partial charge in [-0.3, -0.25) is 4.52 Å². The Labute approximate surface area is 156 Å². The van der Waals surface area contributed by atoms with Gasteiger partial charge in [-0.25, -0.2) is 9.55 Å². The van der Waals surface area contributed by atoms with E-state index in [1.807, 2.05) is 24.3 Å². The zero-order valence-corrected chi connectivity index (χ0v) is 16.7. The predicted octanol–water partition coefficient (Wildman–Crippen LogP) is 5.58. The second kappa shape index (κ2) is 13.9. The molecular formula is C19H33N2O4P. The van der Waals surface area contributed by atoms with Crippen LogP contribution in [0.4, 0.5) is 0 Å². The summed E-state index contributed by atoms with van der Waals surface area (Å²) < 4.78 is 14.7. The van der Waals surface area contributed by atoms with Crippen molar-refractivity contribution < 1.29 is 18.9 Å². The molecule has 2 rings (SSSR count). The minimum Gasteiger partial charge on any atom is -0.345 e. The molecule has 3 N–H and O–H groups in total. The van der Waals surface area contributed by atoms with Crippen molar-refractivity contribution in [2.45, 2.75) is 71.1 Å². The van der Waals surface area contributed by atoms with E-state index in [1.165, 1.54) is 44.9 Å². The van der Waals surface area contributed by atoms with Gasteiger partial charge in [-0.2, -0.15) is 0 Å². The number of nitrogens with one attached hydrogen (secondary N) is 1. The number of phosphoric ester groups is 1. The Hall–Kier alpha value is -1.20. The second-order valence-electron chi connectivity index (χ2n) is 6.43. The van der Waals surface area contributed by atoms with Gasteiger partial charge in [-0.1, -0.05) is 76.8 Å². The number of nitrogens with zero attached hydrogens (tertiary/aromatic N) is 1. The normalized spacial score (nSPS) is 11.3. The van der Waals surface area contributed by atoms with Gasteiger partial charge in [0.25, 0.3) is 0 Å². The third-order valence-corrected chi connectivity index (χ3v) is 4.60. The average molecular weight is 384 g/mol. The van der Waals surface area contributed by atoms with Crippen molar-refractivity contribution in [2.24, 2.45) is 0 Å². The lowest BCUT2D eigenvalue weighted by Crippen LogP contribution is -1.92. The lowest BCUT2D eigenvalue weighted by atomic mass is 10.1. The summed E-state index contributed by atoms with van der Waals surface area (Å²) in [4.78, 5) is 24.0. The van der Waals surface area contributed by atoms with Crippen molar-refractivity contribution in [3.63, 3.8) is 0 Å². The summed E-state index contributed by atoms with van der Waals surface area (Å²) in [5, 5.41) is 0. The van der Waals surface area contributed by atoms with E-state index in [0.29, 0.717) is 0 Å². The third kappa shape index (κ3) is 12.2. The molecule has 6 nitrogen and oxygen atoms in total. The molecule has 148 valence electrons. The molecule has 0 aliphatic rings. The number of hydrogen-bond acceptors (Lipinski definition) is 3. The SMILES string of the molecule is CCCCCCCCCCCCOP(=O)(O)O.c1ccc2[nH]cnc2c1. The van der Waals surface area contributed by atoms with Crippen LogP contribution in [0.1, 0.15) is 71.1 Å². The minimum absolute atomic E-state index is 0.167. The Morgan fingerprint density at radius 1 is 0.962 bits per heavy atom. The first-order valence-electron chi connectivity index (χ1n) is 9.61. The number of benzene rings is 1. The van der Waals surface area contributed by atoms with Gasteiger partial charge in [0.15, 0.2) is 0 Å². The van der Waals surface area contributed by atoms with E-state index >= 15 is 0 Å². The number of aromatic nitrogens is 2. The molecule has 0 amide bonds. The molecule has 0 aliphatic carbocycles. The lowest BCUT2D eigenvalue weighted by Gasteiger charge is -2.05. The van der Waals surface area contributed by atoms with Crippen molar-refractivity contribution in [1.82, 2.24) is 9.97 Å². The molecule has 0 bridgehead atoms. The fourth-order valence-corrected chi connectivity index (χ4v) is 3.02. The van der Waals surface area contributed by atoms with Crippen LogP contribution in [0.3, 0.4) is 0 Å². The van der Waals surface area contributed by atoms with Gasteiger partial charge in [-0.15, -0.1) is 0 Å². The Kier molecular flexibility index (Phi) is 12.2. The molecule has 1 aromatic carbocycles. The van der Waals surface area contributed by atoms with Crippen molar-refractivity contribution in [3.8, 4) is 0 Å². The number of fused-ring (bicyclic) bond motifs is 1. The monoisotopic (exact) mass is 384 g/mol. The number of rotatable bonds is 12. The zero-order valence-electron chi connectivity index (χ0n) is 15.8. The van der Waals surface area contributed by atoms with E-state index in [-0.39, 0.29) is 6.61 Å². The maximum atomic E-state index is 10.4. The highest BCUT2D eigenvalue weighted by atomic mass is 31.2. The number of unbranched alkanes of at least 4 members (excludes halogenated alkanes) is 9. The van der Waals surface area contributed by atoms with Gasteiger partial charge in [0, 0.05) is 0 Å². The van der Waals surface area contributed by atoms with Crippen LogP contribution >= 0.6 is 7.82 Å². The van der Waals surface area contributed by atoms with Crippen LogP contribution in [0.5, 0.6) is 0 Å². The van der Waals surface area contributed by atoms with Crippen LogP contribution in [0, 0.1) is 0 Å². The van der Waals surface area contributed by atoms with Crippen molar-refractivity contribution in [3.05, 3.63) is 30.6 Å². The Morgan fingerprint density at radius 3 is 2.12 bits per heavy atom. The standard InChI is InChI=1S/C12H27O4P.C7H6N2/c1-2-3-4-5-6-7-8-9-10-11-12-16-17(13,14)15;1-2-4-7-6(3-1)8-5-9-7/h2-12H2,1H3,(H2,13,14,15);1-5H,(H,8,9). The summed E-state index contributed by atoms with van der Waals surface area (Å²) in [6.07, 6.45) is 13.7. The number of hydrogen-bond donors (Lipinski definition) is 3. The molecule has 0 saturated heterocycles. The first kappa shape index (κ1) is 22.8. The van der Waals surface area contributed by atoms with Crippen molar-refractivity contribution in [1.29, 1.82) is 0 Å². The van der Waals surface area contributed by atoms with Gasteiger partial charge < -0.3 is 14.8 Å². The fraction of sp³-hybridized carbons (Fsp3) is 0.632. The topological polar surface area (TPSA) is 95.4 Å². The van der Waals surface area contributed by atoms with E-state index in [4.69, 9.17) is 9.79 Å². The lowest BCUT2D eigenvalue weighted by molar-refractivity contribution is 0.193. The Morgan fingerprint density at radius 2 is 1.54 bits per heavy atom. The Bertz CT molecular complexity index is 597. The summed E-state index contributed by atoms with van der Waals surface area (Å²) >= 11 is 0. The zero-order chi connectivity index (χ0) is 19.1. The number of imidazole rings is 1. The van der Waals surface area contributed by atoms with Crippen LogP contribution in [0.25, 0.3) is 11.0 Å². The molecule has 0 radical (unpaired) electrons. The third-order valence-electron chi connectivity index (χ3n) is 4.09. The van der Waals surface area contributed by atoms with Gasteiger partial charge in [-0.05, 0) is 18.6 Å².